The number of nitrogens with one attached hydrogen (secondary N) is 1. The Hall–Kier alpha value is -3.32. The monoisotopic (exact) mass is 391 g/mol. The summed E-state index contributed by atoms with van der Waals surface area (Å²) in [7, 11) is 1.54. The van der Waals surface area contributed by atoms with E-state index in [-0.39, 0.29) is 23.9 Å². The quantitative estimate of drug-likeness (QED) is 0.720. The molecule has 0 aliphatic heterocycles. The third kappa shape index (κ3) is 3.69. The number of hydrogen-bond donors (Lipinski definition) is 1. The number of carbonyl (C=O) groups excluding carboxylic acids is 1. The van der Waals surface area contributed by atoms with Crippen LogP contribution in [0.2, 0.25) is 0 Å². The Labute approximate surface area is 166 Å². The van der Waals surface area contributed by atoms with Gasteiger partial charge >= 0.3 is 5.69 Å². The maximum Gasteiger partial charge on any atom is 0.330 e. The van der Waals surface area contributed by atoms with Crippen LogP contribution in [0.3, 0.4) is 0 Å². The van der Waals surface area contributed by atoms with Gasteiger partial charge in [-0.15, -0.1) is 0 Å². The molecule has 2 heterocycles. The van der Waals surface area contributed by atoms with E-state index < -0.39 is 11.2 Å². The molecule has 3 aromatic rings. The molecule has 2 aromatic heterocycles. The number of Topliss-reactive ketones (excluding diaryl/α,β-unsaturated/α-hetero) is 1. The number of hydrogen-bond acceptors (Lipinski definition) is 5. The number of pyridine rings is 1. The molecule has 1 aliphatic rings. The van der Waals surface area contributed by atoms with Crippen LogP contribution in [-0.4, -0.2) is 34.0 Å². The first-order chi connectivity index (χ1) is 14.1. The minimum Gasteiger partial charge on any atom is -0.383 e. The maximum atomic E-state index is 12.7. The number of ketones is 1. The van der Waals surface area contributed by atoms with Crippen LogP contribution in [0.4, 0.5) is 0 Å². The van der Waals surface area contributed by atoms with Crippen LogP contribution in [-0.2, 0) is 17.7 Å². The third-order valence-corrected chi connectivity index (χ3v) is 5.21. The van der Waals surface area contributed by atoms with Gasteiger partial charge in [-0.3, -0.25) is 19.1 Å². The maximum absolute atomic E-state index is 12.7. The molecule has 0 unspecified atom stereocenters. The second kappa shape index (κ2) is 7.97. The van der Waals surface area contributed by atoms with Crippen molar-refractivity contribution in [2.45, 2.75) is 19.4 Å². The molecule has 148 valence electrons. The lowest BCUT2D eigenvalue weighted by molar-refractivity contribution is 0.0959. The van der Waals surface area contributed by atoms with Gasteiger partial charge in [0.05, 0.1) is 18.5 Å². The number of rotatable bonds is 5. The summed E-state index contributed by atoms with van der Waals surface area (Å²) in [6.45, 7) is 0.570. The molecule has 1 aromatic carbocycles. The summed E-state index contributed by atoms with van der Waals surface area (Å²) in [5, 5.41) is 0.310. The SMILES string of the molecule is COCCn1c(=O)[nH]c(=O)c2c3c(cnc21)C(=O)C[C@H](/C=C/c1ccccc1)C3. The molecule has 29 heavy (non-hydrogen) atoms. The number of methoxy groups -OCH3 is 1. The van der Waals surface area contributed by atoms with Crippen molar-refractivity contribution in [3.05, 3.63) is 80.1 Å². The van der Waals surface area contributed by atoms with E-state index in [1.807, 2.05) is 42.5 Å². The largest absolute Gasteiger partial charge is 0.383 e. The van der Waals surface area contributed by atoms with Crippen molar-refractivity contribution in [1.29, 1.82) is 0 Å². The highest BCUT2D eigenvalue weighted by Crippen LogP contribution is 2.30. The average molecular weight is 391 g/mol. The Morgan fingerprint density at radius 3 is 2.76 bits per heavy atom. The van der Waals surface area contributed by atoms with Gasteiger partial charge in [-0.25, -0.2) is 9.78 Å². The number of H-pyrrole nitrogens is 1. The average Bonchev–Trinajstić information content (AvgIpc) is 2.72. The van der Waals surface area contributed by atoms with E-state index in [0.29, 0.717) is 36.0 Å². The normalized spacial score (nSPS) is 16.4. The summed E-state index contributed by atoms with van der Waals surface area (Å²) in [5.74, 6) is -0.0723. The van der Waals surface area contributed by atoms with Gasteiger partial charge in [-0.05, 0) is 23.5 Å². The van der Waals surface area contributed by atoms with Gasteiger partial charge in [-0.2, -0.15) is 0 Å². The molecule has 0 bridgehead atoms. The summed E-state index contributed by atoms with van der Waals surface area (Å²) in [4.78, 5) is 44.2. The fourth-order valence-electron chi connectivity index (χ4n) is 3.78. The summed E-state index contributed by atoms with van der Waals surface area (Å²) in [6.07, 6.45) is 6.39. The van der Waals surface area contributed by atoms with Crippen LogP contribution in [0.1, 0.15) is 27.9 Å². The highest BCUT2D eigenvalue weighted by atomic mass is 16.5. The predicted molar refractivity (Wildman–Crippen MR) is 110 cm³/mol. The Balaban J connectivity index is 1.79. The Morgan fingerprint density at radius 1 is 1.21 bits per heavy atom. The van der Waals surface area contributed by atoms with E-state index in [9.17, 15) is 14.4 Å². The lowest BCUT2D eigenvalue weighted by Crippen LogP contribution is -2.33. The molecule has 0 spiro atoms. The Bertz CT molecular complexity index is 1210. The molecule has 1 N–H and O–H groups in total. The van der Waals surface area contributed by atoms with E-state index in [4.69, 9.17) is 4.74 Å². The van der Waals surface area contributed by atoms with Crippen LogP contribution < -0.4 is 11.2 Å². The van der Waals surface area contributed by atoms with E-state index in [1.54, 1.807) is 0 Å². The van der Waals surface area contributed by atoms with Crippen molar-refractivity contribution in [2.75, 3.05) is 13.7 Å². The fourth-order valence-corrected chi connectivity index (χ4v) is 3.78. The molecule has 7 heteroatoms. The molecule has 1 aliphatic carbocycles. The van der Waals surface area contributed by atoms with Gasteiger partial charge in [0.2, 0.25) is 0 Å². The molecule has 0 saturated heterocycles. The van der Waals surface area contributed by atoms with Gasteiger partial charge in [0.15, 0.2) is 5.78 Å². The molecule has 4 rings (SSSR count). The topological polar surface area (TPSA) is 94.1 Å². The number of benzene rings is 1. The summed E-state index contributed by atoms with van der Waals surface area (Å²) in [5.41, 5.74) is 1.41. The minimum absolute atomic E-state index is 0.0282. The molecular weight excluding hydrogens is 370 g/mol. The van der Waals surface area contributed by atoms with Gasteiger partial charge in [0.25, 0.3) is 5.56 Å². The molecule has 0 fully saturated rings. The Kier molecular flexibility index (Phi) is 5.22. The van der Waals surface area contributed by atoms with Gasteiger partial charge in [-0.1, -0.05) is 42.5 Å². The molecule has 0 radical (unpaired) electrons. The van der Waals surface area contributed by atoms with Gasteiger partial charge in [0.1, 0.15) is 5.65 Å². The highest BCUT2D eigenvalue weighted by molar-refractivity contribution is 6.02. The molecule has 0 saturated carbocycles. The first kappa shape index (κ1) is 19.0. The van der Waals surface area contributed by atoms with E-state index in [1.165, 1.54) is 17.9 Å². The molecule has 0 amide bonds. The Morgan fingerprint density at radius 2 is 2.00 bits per heavy atom. The zero-order chi connectivity index (χ0) is 20.4. The standard InChI is InChI=1S/C22H21N3O4/c1-29-10-9-25-20-19(21(27)24-22(25)28)16-11-15(12-18(26)17(16)13-23-20)8-7-14-5-3-2-4-6-14/h2-8,13,15H,9-12H2,1H3,(H,24,27,28)/b8-7+/t15-/m1/s1. The number of ether oxygens (including phenoxy) is 1. The van der Waals surface area contributed by atoms with Gasteiger partial charge in [0, 0.05) is 25.3 Å². The van der Waals surface area contributed by atoms with Crippen LogP contribution in [0.25, 0.3) is 17.1 Å². The van der Waals surface area contributed by atoms with Crippen molar-refractivity contribution in [2.24, 2.45) is 5.92 Å². The number of fused-ring (bicyclic) bond motifs is 3. The summed E-state index contributed by atoms with van der Waals surface area (Å²) in [6, 6.07) is 9.85. The minimum atomic E-state index is -0.533. The molecule has 7 nitrogen and oxygen atoms in total. The van der Waals surface area contributed by atoms with Crippen molar-refractivity contribution in [3.8, 4) is 0 Å². The van der Waals surface area contributed by atoms with E-state index in [0.717, 1.165) is 5.56 Å². The van der Waals surface area contributed by atoms with Crippen molar-refractivity contribution < 1.29 is 9.53 Å². The number of aromatic amines is 1. The predicted octanol–water partition coefficient (Wildman–Crippen LogP) is 2.19. The number of nitrogens with zero attached hydrogens (tertiary/aromatic N) is 2. The summed E-state index contributed by atoms with van der Waals surface area (Å²) < 4.78 is 6.44. The van der Waals surface area contributed by atoms with E-state index >= 15 is 0 Å². The second-order valence-corrected chi connectivity index (χ2v) is 7.11. The van der Waals surface area contributed by atoms with Crippen LogP contribution >= 0.6 is 0 Å². The first-order valence-electron chi connectivity index (χ1n) is 9.48. The lowest BCUT2D eigenvalue weighted by atomic mass is 9.82. The zero-order valence-electron chi connectivity index (χ0n) is 16.1. The molecule has 1 atom stereocenters. The second-order valence-electron chi connectivity index (χ2n) is 7.11. The lowest BCUT2D eigenvalue weighted by Gasteiger charge is -2.22. The third-order valence-electron chi connectivity index (χ3n) is 5.21. The highest BCUT2D eigenvalue weighted by Gasteiger charge is 2.28. The number of allylic oxidation sites excluding steroid dienone is 1. The molecular formula is C22H21N3O4. The summed E-state index contributed by atoms with van der Waals surface area (Å²) >= 11 is 0. The van der Waals surface area contributed by atoms with Gasteiger partial charge < -0.3 is 4.74 Å². The first-order valence-corrected chi connectivity index (χ1v) is 9.48. The number of carbonyl (C=O) groups is 1. The van der Waals surface area contributed by atoms with Crippen molar-refractivity contribution in [1.82, 2.24) is 14.5 Å². The smallest absolute Gasteiger partial charge is 0.330 e. The number of aromatic nitrogens is 3. The van der Waals surface area contributed by atoms with Crippen LogP contribution in [0.5, 0.6) is 0 Å². The van der Waals surface area contributed by atoms with Crippen LogP contribution in [0, 0.1) is 5.92 Å². The van der Waals surface area contributed by atoms with Crippen molar-refractivity contribution in [3.63, 3.8) is 0 Å². The van der Waals surface area contributed by atoms with E-state index in [2.05, 4.69) is 9.97 Å². The van der Waals surface area contributed by atoms with Crippen LogP contribution in [0.15, 0.2) is 52.2 Å². The van der Waals surface area contributed by atoms with Crippen molar-refractivity contribution >= 4 is 22.9 Å². The zero-order valence-corrected chi connectivity index (χ0v) is 16.1. The fraction of sp³-hybridized carbons (Fsp3) is 0.273.